The molecule has 0 unspecified atom stereocenters. The third-order valence-corrected chi connectivity index (χ3v) is 4.24. The van der Waals surface area contributed by atoms with E-state index in [2.05, 4.69) is 15.2 Å². The number of piperidine rings is 1. The van der Waals surface area contributed by atoms with Gasteiger partial charge in [-0.15, -0.1) is 0 Å². The van der Waals surface area contributed by atoms with Crippen molar-refractivity contribution in [2.45, 2.75) is 31.7 Å². The van der Waals surface area contributed by atoms with Crippen molar-refractivity contribution in [3.8, 4) is 0 Å². The molecule has 5 nitrogen and oxygen atoms in total. The van der Waals surface area contributed by atoms with Gasteiger partial charge < -0.3 is 16.0 Å². The Balaban J connectivity index is 1.50. The van der Waals surface area contributed by atoms with Crippen LogP contribution in [0.15, 0.2) is 18.3 Å². The number of nitrogens with two attached hydrogens (primary N) is 1. The van der Waals surface area contributed by atoms with Gasteiger partial charge in [-0.05, 0) is 50.3 Å². The highest BCUT2D eigenvalue weighted by atomic mass is 16.1. The van der Waals surface area contributed by atoms with E-state index in [0.29, 0.717) is 5.56 Å². The zero-order valence-electron chi connectivity index (χ0n) is 11.7. The van der Waals surface area contributed by atoms with E-state index in [1.807, 2.05) is 6.07 Å². The van der Waals surface area contributed by atoms with Crippen molar-refractivity contribution in [2.75, 3.05) is 24.5 Å². The monoisotopic (exact) mass is 274 g/mol. The number of hydrogen-bond donors (Lipinski definition) is 2. The first-order chi connectivity index (χ1) is 9.72. The Kier molecular flexibility index (Phi) is 3.87. The summed E-state index contributed by atoms with van der Waals surface area (Å²) in [6.07, 6.45) is 6.69. The Hall–Kier alpha value is -1.62. The van der Waals surface area contributed by atoms with Crippen LogP contribution in [-0.4, -0.2) is 36.6 Å². The fourth-order valence-corrected chi connectivity index (χ4v) is 2.71. The van der Waals surface area contributed by atoms with E-state index in [1.54, 1.807) is 12.3 Å². The lowest BCUT2D eigenvalue weighted by Gasteiger charge is -2.33. The van der Waals surface area contributed by atoms with Crippen LogP contribution in [0.4, 0.5) is 5.82 Å². The topological polar surface area (TPSA) is 71.2 Å². The first kappa shape index (κ1) is 13.4. The number of aromatic nitrogens is 1. The van der Waals surface area contributed by atoms with Crippen LogP contribution < -0.4 is 16.0 Å². The number of hydrogen-bond acceptors (Lipinski definition) is 4. The number of rotatable bonds is 5. The van der Waals surface area contributed by atoms with Crippen molar-refractivity contribution in [3.63, 3.8) is 0 Å². The molecule has 1 aromatic rings. The van der Waals surface area contributed by atoms with Crippen molar-refractivity contribution < 1.29 is 4.79 Å². The molecule has 0 bridgehead atoms. The summed E-state index contributed by atoms with van der Waals surface area (Å²) in [5.74, 6) is 1.31. The highest BCUT2D eigenvalue weighted by molar-refractivity contribution is 5.92. The van der Waals surface area contributed by atoms with Crippen molar-refractivity contribution >= 4 is 11.7 Å². The maximum absolute atomic E-state index is 11.0. The van der Waals surface area contributed by atoms with Crippen LogP contribution in [-0.2, 0) is 0 Å². The fraction of sp³-hybridized carbons (Fsp3) is 0.600. The van der Waals surface area contributed by atoms with Crippen molar-refractivity contribution in [1.29, 1.82) is 0 Å². The highest BCUT2D eigenvalue weighted by Crippen LogP contribution is 2.23. The summed E-state index contributed by atoms with van der Waals surface area (Å²) >= 11 is 0. The van der Waals surface area contributed by atoms with E-state index in [1.165, 1.54) is 25.7 Å². The normalized spacial score (nSPS) is 20.1. The van der Waals surface area contributed by atoms with Crippen LogP contribution in [0.5, 0.6) is 0 Å². The van der Waals surface area contributed by atoms with Gasteiger partial charge in [-0.25, -0.2) is 4.98 Å². The molecular weight excluding hydrogens is 252 g/mol. The molecule has 1 aromatic heterocycles. The van der Waals surface area contributed by atoms with E-state index in [4.69, 9.17) is 5.73 Å². The summed E-state index contributed by atoms with van der Waals surface area (Å²) in [7, 11) is 0. The lowest BCUT2D eigenvalue weighted by molar-refractivity contribution is 0.1000. The molecular formula is C15H22N4O. The molecule has 5 heteroatoms. The zero-order chi connectivity index (χ0) is 13.9. The Morgan fingerprint density at radius 1 is 1.30 bits per heavy atom. The van der Waals surface area contributed by atoms with Gasteiger partial charge >= 0.3 is 0 Å². The molecule has 2 aliphatic rings. The van der Waals surface area contributed by atoms with E-state index in [0.717, 1.165) is 37.4 Å². The quantitative estimate of drug-likeness (QED) is 0.845. The molecule has 108 valence electrons. The van der Waals surface area contributed by atoms with Gasteiger partial charge in [0.1, 0.15) is 5.82 Å². The summed E-state index contributed by atoms with van der Waals surface area (Å²) in [6.45, 7) is 3.24. The van der Waals surface area contributed by atoms with Crippen LogP contribution in [0, 0.1) is 5.92 Å². The first-order valence-corrected chi connectivity index (χ1v) is 7.46. The second-order valence-corrected chi connectivity index (χ2v) is 5.88. The number of amides is 1. The Morgan fingerprint density at radius 3 is 2.60 bits per heavy atom. The van der Waals surface area contributed by atoms with Crippen LogP contribution in [0.1, 0.15) is 36.0 Å². The summed E-state index contributed by atoms with van der Waals surface area (Å²) in [6, 6.07) is 4.45. The minimum absolute atomic E-state index is 0.422. The van der Waals surface area contributed by atoms with Gasteiger partial charge in [0.05, 0.1) is 5.56 Å². The van der Waals surface area contributed by atoms with Crippen LogP contribution >= 0.6 is 0 Å². The maximum Gasteiger partial charge on any atom is 0.250 e. The van der Waals surface area contributed by atoms with Crippen LogP contribution in [0.3, 0.4) is 0 Å². The van der Waals surface area contributed by atoms with Gasteiger partial charge in [0.2, 0.25) is 5.91 Å². The van der Waals surface area contributed by atoms with E-state index in [-0.39, 0.29) is 0 Å². The van der Waals surface area contributed by atoms with E-state index >= 15 is 0 Å². The average Bonchev–Trinajstić information content (AvgIpc) is 3.30. The first-order valence-electron chi connectivity index (χ1n) is 7.46. The van der Waals surface area contributed by atoms with Gasteiger partial charge in [-0.3, -0.25) is 4.79 Å². The number of nitrogens with zero attached hydrogens (tertiary/aromatic N) is 2. The second kappa shape index (κ2) is 5.79. The molecule has 2 fully saturated rings. The molecule has 0 atom stereocenters. The fourth-order valence-electron chi connectivity index (χ4n) is 2.71. The second-order valence-electron chi connectivity index (χ2n) is 5.88. The van der Waals surface area contributed by atoms with Crippen LogP contribution in [0.25, 0.3) is 0 Å². The molecule has 2 heterocycles. The lowest BCUT2D eigenvalue weighted by atomic mass is 9.96. The summed E-state index contributed by atoms with van der Waals surface area (Å²) in [5, 5.41) is 3.62. The predicted molar refractivity (Wildman–Crippen MR) is 78.7 cm³/mol. The van der Waals surface area contributed by atoms with Gasteiger partial charge in [0.25, 0.3) is 0 Å². The average molecular weight is 274 g/mol. The molecule has 0 radical (unpaired) electrons. The third-order valence-electron chi connectivity index (χ3n) is 4.24. The number of primary amides is 1. The number of pyridine rings is 1. The molecule has 1 saturated carbocycles. The maximum atomic E-state index is 11.0. The zero-order valence-corrected chi connectivity index (χ0v) is 11.7. The van der Waals surface area contributed by atoms with Crippen molar-refractivity contribution in [3.05, 3.63) is 23.9 Å². The molecule has 3 rings (SSSR count). The standard InChI is InChI=1S/C15H22N4O/c16-15(20)12-1-4-14(18-10-12)19-7-5-11(6-8-19)9-17-13-2-3-13/h1,4,10-11,13,17H,2-3,5-9H2,(H2,16,20). The Labute approximate surface area is 119 Å². The molecule has 1 aliphatic heterocycles. The molecule has 1 amide bonds. The minimum atomic E-state index is -0.422. The Morgan fingerprint density at radius 2 is 2.05 bits per heavy atom. The molecule has 1 aliphatic carbocycles. The van der Waals surface area contributed by atoms with Crippen molar-refractivity contribution in [2.24, 2.45) is 11.7 Å². The summed E-state index contributed by atoms with van der Waals surface area (Å²) in [5.41, 5.74) is 5.69. The van der Waals surface area contributed by atoms with Crippen LogP contribution in [0.2, 0.25) is 0 Å². The Bertz CT molecular complexity index is 461. The third kappa shape index (κ3) is 3.28. The minimum Gasteiger partial charge on any atom is -0.366 e. The predicted octanol–water partition coefficient (Wildman–Crippen LogP) is 1.15. The summed E-state index contributed by atoms with van der Waals surface area (Å²) < 4.78 is 0. The van der Waals surface area contributed by atoms with Gasteiger partial charge in [0, 0.05) is 25.3 Å². The number of carbonyl (C=O) groups excluding carboxylic acids is 1. The summed E-state index contributed by atoms with van der Waals surface area (Å²) in [4.78, 5) is 17.7. The van der Waals surface area contributed by atoms with Gasteiger partial charge in [0.15, 0.2) is 0 Å². The molecule has 3 N–H and O–H groups in total. The number of nitrogens with one attached hydrogen (secondary N) is 1. The van der Waals surface area contributed by atoms with E-state index in [9.17, 15) is 4.79 Å². The molecule has 0 spiro atoms. The lowest BCUT2D eigenvalue weighted by Crippen LogP contribution is -2.38. The molecule has 1 saturated heterocycles. The van der Waals surface area contributed by atoms with E-state index < -0.39 is 5.91 Å². The number of anilines is 1. The largest absolute Gasteiger partial charge is 0.366 e. The molecule has 20 heavy (non-hydrogen) atoms. The van der Waals surface area contributed by atoms with Gasteiger partial charge in [-0.2, -0.15) is 0 Å². The van der Waals surface area contributed by atoms with Crippen molar-refractivity contribution in [1.82, 2.24) is 10.3 Å². The smallest absolute Gasteiger partial charge is 0.250 e. The number of carbonyl (C=O) groups is 1. The molecule has 0 aromatic carbocycles. The van der Waals surface area contributed by atoms with Gasteiger partial charge in [-0.1, -0.05) is 0 Å². The highest BCUT2D eigenvalue weighted by Gasteiger charge is 2.24. The SMILES string of the molecule is NC(=O)c1ccc(N2CCC(CNC3CC3)CC2)nc1.